The van der Waals surface area contributed by atoms with Gasteiger partial charge in [-0.3, -0.25) is 4.79 Å². The summed E-state index contributed by atoms with van der Waals surface area (Å²) in [6.45, 7) is 1.81. The average Bonchev–Trinajstić information content (AvgIpc) is 3.22. The van der Waals surface area contributed by atoms with Crippen LogP contribution in [0.5, 0.6) is 0 Å². The second-order valence-electron chi connectivity index (χ2n) is 7.30. The summed E-state index contributed by atoms with van der Waals surface area (Å²) >= 11 is 7.68. The highest BCUT2D eigenvalue weighted by atomic mass is 35.5. The molecule has 0 radical (unpaired) electrons. The molecule has 1 saturated heterocycles. The molecule has 27 heavy (non-hydrogen) atoms. The first-order valence-electron chi connectivity index (χ1n) is 9.76. The summed E-state index contributed by atoms with van der Waals surface area (Å²) in [6.07, 6.45) is 6.64. The Morgan fingerprint density at radius 3 is 3.00 bits per heavy atom. The lowest BCUT2D eigenvalue weighted by molar-refractivity contribution is -0.129. The molecule has 1 atom stereocenters. The van der Waals surface area contributed by atoms with Crippen LogP contribution in [-0.2, 0) is 23.5 Å². The van der Waals surface area contributed by atoms with E-state index in [2.05, 4.69) is 14.8 Å². The first-order valence-corrected chi connectivity index (χ1v) is 11.3. The van der Waals surface area contributed by atoms with Gasteiger partial charge in [-0.05, 0) is 43.4 Å². The van der Waals surface area contributed by atoms with E-state index in [4.69, 9.17) is 11.6 Å². The summed E-state index contributed by atoms with van der Waals surface area (Å²) in [7, 11) is 0. The number of thioether (sulfide) groups is 1. The van der Waals surface area contributed by atoms with E-state index in [-0.39, 0.29) is 11.9 Å². The van der Waals surface area contributed by atoms with Crippen LogP contribution in [-0.4, -0.2) is 37.9 Å². The summed E-state index contributed by atoms with van der Waals surface area (Å²) in [4.78, 5) is 14.9. The third-order valence-corrected chi connectivity index (χ3v) is 6.62. The van der Waals surface area contributed by atoms with Crippen LogP contribution in [0.4, 0.5) is 0 Å². The van der Waals surface area contributed by atoms with Crippen molar-refractivity contribution in [2.75, 3.05) is 12.3 Å². The Kier molecular flexibility index (Phi) is 6.03. The molecular weight excluding hydrogens is 380 g/mol. The zero-order valence-electron chi connectivity index (χ0n) is 15.4. The van der Waals surface area contributed by atoms with Crippen LogP contribution in [0, 0.1) is 0 Å². The van der Waals surface area contributed by atoms with Gasteiger partial charge in [0.05, 0.1) is 11.8 Å². The van der Waals surface area contributed by atoms with Gasteiger partial charge in [-0.25, -0.2) is 0 Å². The number of fused-ring (bicyclic) bond motifs is 1. The molecule has 1 aromatic carbocycles. The van der Waals surface area contributed by atoms with E-state index in [1.807, 2.05) is 29.2 Å². The molecule has 0 N–H and O–H groups in total. The van der Waals surface area contributed by atoms with Crippen LogP contribution in [0.1, 0.15) is 55.4 Å². The Labute approximate surface area is 169 Å². The van der Waals surface area contributed by atoms with Crippen molar-refractivity contribution in [1.82, 2.24) is 19.7 Å². The molecule has 1 aromatic heterocycles. The Hall–Kier alpha value is -1.53. The number of amides is 1. The van der Waals surface area contributed by atoms with E-state index in [0.717, 1.165) is 60.3 Å². The number of aromatic nitrogens is 3. The van der Waals surface area contributed by atoms with Crippen LogP contribution in [0.15, 0.2) is 24.3 Å². The van der Waals surface area contributed by atoms with E-state index >= 15 is 0 Å². The van der Waals surface area contributed by atoms with E-state index in [0.29, 0.717) is 5.75 Å². The van der Waals surface area contributed by atoms with Gasteiger partial charge >= 0.3 is 0 Å². The minimum atomic E-state index is 0.0867. The van der Waals surface area contributed by atoms with Crippen molar-refractivity contribution < 1.29 is 4.79 Å². The molecule has 2 aliphatic rings. The fraction of sp³-hybridized carbons (Fsp3) is 0.550. The van der Waals surface area contributed by atoms with E-state index in [1.165, 1.54) is 19.3 Å². The van der Waals surface area contributed by atoms with Crippen LogP contribution < -0.4 is 0 Å². The molecule has 3 heterocycles. The van der Waals surface area contributed by atoms with E-state index < -0.39 is 0 Å². The lowest BCUT2D eigenvalue weighted by Gasteiger charge is -2.24. The molecule has 2 aliphatic heterocycles. The highest BCUT2D eigenvalue weighted by Crippen LogP contribution is 2.33. The maximum absolute atomic E-state index is 12.9. The van der Waals surface area contributed by atoms with Gasteiger partial charge in [0.2, 0.25) is 5.91 Å². The van der Waals surface area contributed by atoms with Gasteiger partial charge < -0.3 is 9.47 Å². The zero-order valence-corrected chi connectivity index (χ0v) is 17.0. The van der Waals surface area contributed by atoms with Crippen molar-refractivity contribution in [1.29, 1.82) is 0 Å². The van der Waals surface area contributed by atoms with Crippen molar-refractivity contribution in [3.8, 4) is 0 Å². The van der Waals surface area contributed by atoms with Crippen LogP contribution in [0.2, 0.25) is 5.02 Å². The van der Waals surface area contributed by atoms with Crippen molar-refractivity contribution in [2.24, 2.45) is 0 Å². The third-order valence-electron chi connectivity index (χ3n) is 5.39. The lowest BCUT2D eigenvalue weighted by atomic mass is 10.2. The molecule has 4 rings (SSSR count). The smallest absolute Gasteiger partial charge is 0.233 e. The van der Waals surface area contributed by atoms with E-state index in [9.17, 15) is 4.79 Å². The topological polar surface area (TPSA) is 51.0 Å². The van der Waals surface area contributed by atoms with Crippen molar-refractivity contribution >= 4 is 29.3 Å². The second-order valence-corrected chi connectivity index (χ2v) is 8.73. The van der Waals surface area contributed by atoms with Gasteiger partial charge in [0, 0.05) is 30.3 Å². The van der Waals surface area contributed by atoms with Crippen molar-refractivity contribution in [2.45, 2.75) is 56.9 Å². The molecule has 5 nitrogen and oxygen atoms in total. The summed E-state index contributed by atoms with van der Waals surface area (Å²) in [6, 6.07) is 7.92. The molecule has 144 valence electrons. The molecular formula is C20H25ClN4OS. The van der Waals surface area contributed by atoms with Crippen LogP contribution in [0.3, 0.4) is 0 Å². The molecule has 0 bridgehead atoms. The minimum Gasteiger partial charge on any atom is -0.332 e. The fourth-order valence-corrected chi connectivity index (χ4v) is 5.12. The number of aryl methyl sites for hydroxylation is 1. The number of rotatable bonds is 5. The van der Waals surface area contributed by atoms with Gasteiger partial charge in [0.25, 0.3) is 0 Å². The van der Waals surface area contributed by atoms with Crippen molar-refractivity contribution in [3.63, 3.8) is 0 Å². The minimum absolute atomic E-state index is 0.0867. The summed E-state index contributed by atoms with van der Waals surface area (Å²) in [5, 5.41) is 9.65. The Morgan fingerprint density at radius 2 is 2.11 bits per heavy atom. The number of carbonyl (C=O) groups excluding carboxylic acids is 1. The predicted molar refractivity (Wildman–Crippen MR) is 109 cm³/mol. The number of carbonyl (C=O) groups is 1. The van der Waals surface area contributed by atoms with Crippen LogP contribution >= 0.6 is 23.4 Å². The van der Waals surface area contributed by atoms with Crippen LogP contribution in [0.25, 0.3) is 0 Å². The second kappa shape index (κ2) is 8.65. The van der Waals surface area contributed by atoms with E-state index in [1.54, 1.807) is 11.8 Å². The molecule has 1 fully saturated rings. The van der Waals surface area contributed by atoms with Gasteiger partial charge in [-0.1, -0.05) is 30.2 Å². The summed E-state index contributed by atoms with van der Waals surface area (Å²) in [5.74, 6) is 3.58. The number of benzene rings is 1. The number of likely N-dealkylation sites (tertiary alicyclic amines) is 1. The Balaban J connectivity index is 1.39. The predicted octanol–water partition coefficient (Wildman–Crippen LogP) is 4.25. The molecule has 1 amide bonds. The Morgan fingerprint density at radius 1 is 1.19 bits per heavy atom. The standard InChI is InChI=1S/C20H25ClN4OS/c21-16-7-4-6-15(12-16)13-27-14-19(26)24-11-5-8-17(24)20-23-22-18-9-2-1-3-10-25(18)20/h4,6-7,12,17H,1-3,5,8-11,13-14H2. The van der Waals surface area contributed by atoms with Gasteiger partial charge in [0.15, 0.2) is 5.82 Å². The van der Waals surface area contributed by atoms with Gasteiger partial charge in [0.1, 0.15) is 5.82 Å². The highest BCUT2D eigenvalue weighted by Gasteiger charge is 2.34. The summed E-state index contributed by atoms with van der Waals surface area (Å²) in [5.41, 5.74) is 1.15. The van der Waals surface area contributed by atoms with Gasteiger partial charge in [-0.15, -0.1) is 22.0 Å². The molecule has 0 spiro atoms. The lowest BCUT2D eigenvalue weighted by Crippen LogP contribution is -2.33. The summed E-state index contributed by atoms with van der Waals surface area (Å²) < 4.78 is 2.28. The average molecular weight is 405 g/mol. The molecule has 7 heteroatoms. The third kappa shape index (κ3) is 4.32. The monoisotopic (exact) mass is 404 g/mol. The quantitative estimate of drug-likeness (QED) is 0.747. The SMILES string of the molecule is O=C(CSCc1cccc(Cl)c1)N1CCCC1c1nnc2n1CCCCC2. The maximum Gasteiger partial charge on any atom is 0.233 e. The number of nitrogens with zero attached hydrogens (tertiary/aromatic N) is 4. The fourth-order valence-electron chi connectivity index (χ4n) is 4.05. The largest absolute Gasteiger partial charge is 0.332 e. The van der Waals surface area contributed by atoms with Gasteiger partial charge in [-0.2, -0.15) is 0 Å². The number of halogens is 1. The maximum atomic E-state index is 12.9. The molecule has 2 aromatic rings. The normalized spacial score (nSPS) is 19.7. The zero-order chi connectivity index (χ0) is 18.6. The number of hydrogen-bond acceptors (Lipinski definition) is 4. The highest BCUT2D eigenvalue weighted by molar-refractivity contribution is 7.99. The first kappa shape index (κ1) is 18.8. The number of hydrogen-bond donors (Lipinski definition) is 0. The Bertz CT molecular complexity index is 809. The molecule has 0 saturated carbocycles. The molecule has 0 aliphatic carbocycles. The van der Waals surface area contributed by atoms with Crippen molar-refractivity contribution in [3.05, 3.63) is 46.5 Å². The first-order chi connectivity index (χ1) is 13.2. The molecule has 1 unspecified atom stereocenters.